The Morgan fingerprint density at radius 3 is 2.45 bits per heavy atom. The zero-order valence-corrected chi connectivity index (χ0v) is 19.1. The maximum Gasteiger partial charge on any atom is 0.243 e. The first-order chi connectivity index (χ1) is 14.8. The van der Waals surface area contributed by atoms with Crippen LogP contribution in [0.4, 0.5) is 11.4 Å². The summed E-state index contributed by atoms with van der Waals surface area (Å²) in [6.07, 6.45) is 0.658. The van der Waals surface area contributed by atoms with E-state index in [9.17, 15) is 13.2 Å². The van der Waals surface area contributed by atoms with Gasteiger partial charge >= 0.3 is 0 Å². The second-order valence-corrected chi connectivity index (χ2v) is 10.3. The number of rotatable bonds is 5. The van der Waals surface area contributed by atoms with Gasteiger partial charge in [-0.2, -0.15) is 4.31 Å². The highest BCUT2D eigenvalue weighted by Crippen LogP contribution is 2.34. The Labute approximate surface area is 184 Å². The first-order valence-corrected chi connectivity index (χ1v) is 12.0. The Morgan fingerprint density at radius 2 is 1.81 bits per heavy atom. The Balaban J connectivity index is 1.49. The topological polar surface area (TPSA) is 70.2 Å². The van der Waals surface area contributed by atoms with Crippen LogP contribution in [0.1, 0.15) is 25.0 Å². The molecular weight excluding hydrogens is 414 g/mol. The third-order valence-corrected chi connectivity index (χ3v) is 7.83. The van der Waals surface area contributed by atoms with Gasteiger partial charge in [-0.3, -0.25) is 4.79 Å². The summed E-state index contributed by atoms with van der Waals surface area (Å²) in [5.41, 5.74) is 3.76. The molecule has 0 aromatic heterocycles. The van der Waals surface area contributed by atoms with Crippen molar-refractivity contribution in [2.75, 3.05) is 43.2 Å². The molecule has 2 aliphatic heterocycles. The van der Waals surface area contributed by atoms with Crippen molar-refractivity contribution in [3.63, 3.8) is 0 Å². The van der Waals surface area contributed by atoms with Crippen molar-refractivity contribution >= 4 is 27.3 Å². The third-order valence-electron chi connectivity index (χ3n) is 6.03. The van der Waals surface area contributed by atoms with Gasteiger partial charge in [0.05, 0.1) is 18.1 Å². The number of fused-ring (bicyclic) bond motifs is 1. The lowest BCUT2D eigenvalue weighted by Crippen LogP contribution is -2.36. The van der Waals surface area contributed by atoms with E-state index in [0.29, 0.717) is 13.0 Å². The fraction of sp³-hybridized carbons (Fsp3) is 0.435. The summed E-state index contributed by atoms with van der Waals surface area (Å²) in [7, 11) is -2.04. The fourth-order valence-electron chi connectivity index (χ4n) is 4.40. The van der Waals surface area contributed by atoms with Gasteiger partial charge in [0.25, 0.3) is 0 Å². The number of ether oxygens (including phenoxy) is 1. The molecule has 7 nitrogen and oxygen atoms in total. The molecule has 0 spiro atoms. The van der Waals surface area contributed by atoms with Gasteiger partial charge in [0.2, 0.25) is 15.9 Å². The molecule has 4 rings (SSSR count). The van der Waals surface area contributed by atoms with Crippen molar-refractivity contribution in [3.05, 3.63) is 53.6 Å². The van der Waals surface area contributed by atoms with E-state index < -0.39 is 10.0 Å². The number of carbonyl (C=O) groups excluding carboxylic acids is 1. The molecule has 0 N–H and O–H groups in total. The van der Waals surface area contributed by atoms with Crippen LogP contribution in [0.2, 0.25) is 0 Å². The zero-order chi connectivity index (χ0) is 22.2. The smallest absolute Gasteiger partial charge is 0.243 e. The molecule has 1 fully saturated rings. The second kappa shape index (κ2) is 8.61. The summed E-state index contributed by atoms with van der Waals surface area (Å²) >= 11 is 0. The molecule has 0 unspecified atom stereocenters. The Kier molecular flexibility index (Phi) is 6.05. The fourth-order valence-corrected chi connectivity index (χ4v) is 5.61. The molecule has 8 heteroatoms. The number of anilines is 2. The van der Waals surface area contributed by atoms with E-state index in [4.69, 9.17) is 4.74 Å². The van der Waals surface area contributed by atoms with E-state index in [1.807, 2.05) is 31.2 Å². The zero-order valence-electron chi connectivity index (χ0n) is 18.2. The van der Waals surface area contributed by atoms with Crippen LogP contribution >= 0.6 is 0 Å². The molecule has 1 saturated heterocycles. The quantitative estimate of drug-likeness (QED) is 0.711. The monoisotopic (exact) mass is 443 g/mol. The average molecular weight is 444 g/mol. The molecule has 31 heavy (non-hydrogen) atoms. The standard InChI is InChI=1S/C23H29N3O4S/c1-17-14-20-15-22(8-9-23(20)26(17)18(2)27)31(28,29)24(3)16-19-4-6-21(7-5-19)25-10-12-30-13-11-25/h4-9,15,17H,10-14,16H2,1-3H3/t17-/m0/s1. The van der Waals surface area contributed by atoms with Crippen LogP contribution in [-0.4, -0.2) is 58.0 Å². The number of benzene rings is 2. The predicted molar refractivity (Wildman–Crippen MR) is 121 cm³/mol. The van der Waals surface area contributed by atoms with Gasteiger partial charge in [-0.1, -0.05) is 12.1 Å². The molecular formula is C23H29N3O4S. The number of amides is 1. The molecule has 0 saturated carbocycles. The molecule has 1 atom stereocenters. The van der Waals surface area contributed by atoms with Crippen molar-refractivity contribution in [1.82, 2.24) is 4.31 Å². The first-order valence-electron chi connectivity index (χ1n) is 10.6. The molecule has 2 aromatic rings. The van der Waals surface area contributed by atoms with Crippen LogP contribution in [0.5, 0.6) is 0 Å². The summed E-state index contributed by atoms with van der Waals surface area (Å²) in [6.45, 7) is 6.99. The average Bonchev–Trinajstić information content (AvgIpc) is 3.10. The molecule has 0 aliphatic carbocycles. The van der Waals surface area contributed by atoms with E-state index in [2.05, 4.69) is 4.90 Å². The SMILES string of the molecule is CC(=O)N1c2ccc(S(=O)(=O)N(C)Cc3ccc(N4CCOCC4)cc3)cc2C[C@@H]1C. The van der Waals surface area contributed by atoms with E-state index in [1.165, 1.54) is 11.2 Å². The number of carbonyl (C=O) groups is 1. The van der Waals surface area contributed by atoms with Crippen LogP contribution in [0, 0.1) is 0 Å². The lowest BCUT2D eigenvalue weighted by Gasteiger charge is -2.29. The number of morpholine rings is 1. The number of nitrogens with zero attached hydrogens (tertiary/aromatic N) is 3. The van der Waals surface area contributed by atoms with Crippen molar-refractivity contribution in [2.45, 2.75) is 37.8 Å². The molecule has 0 bridgehead atoms. The van der Waals surface area contributed by atoms with Gasteiger partial charge in [0, 0.05) is 51.0 Å². The normalized spacial score (nSPS) is 19.0. The summed E-state index contributed by atoms with van der Waals surface area (Å²) in [4.78, 5) is 16.2. The van der Waals surface area contributed by atoms with Gasteiger partial charge < -0.3 is 14.5 Å². The Morgan fingerprint density at radius 1 is 1.13 bits per heavy atom. The van der Waals surface area contributed by atoms with Crippen LogP contribution in [0.15, 0.2) is 47.4 Å². The largest absolute Gasteiger partial charge is 0.378 e. The lowest BCUT2D eigenvalue weighted by atomic mass is 10.1. The number of sulfonamides is 1. The molecule has 1 amide bonds. The maximum atomic E-state index is 13.2. The highest BCUT2D eigenvalue weighted by molar-refractivity contribution is 7.89. The highest BCUT2D eigenvalue weighted by atomic mass is 32.2. The van der Waals surface area contributed by atoms with E-state index >= 15 is 0 Å². The molecule has 0 radical (unpaired) electrons. The maximum absolute atomic E-state index is 13.2. The second-order valence-electron chi connectivity index (χ2n) is 8.26. The van der Waals surface area contributed by atoms with Crippen molar-refractivity contribution < 1.29 is 17.9 Å². The van der Waals surface area contributed by atoms with E-state index in [0.717, 1.165) is 48.8 Å². The molecule has 2 aromatic carbocycles. The highest BCUT2D eigenvalue weighted by Gasteiger charge is 2.31. The van der Waals surface area contributed by atoms with E-state index in [-0.39, 0.29) is 16.8 Å². The summed E-state index contributed by atoms with van der Waals surface area (Å²) in [5, 5.41) is 0. The molecule has 2 aliphatic rings. The summed E-state index contributed by atoms with van der Waals surface area (Å²) in [6, 6.07) is 13.1. The third kappa shape index (κ3) is 4.33. The summed E-state index contributed by atoms with van der Waals surface area (Å²) < 4.78 is 33.1. The van der Waals surface area contributed by atoms with Gasteiger partial charge in [-0.15, -0.1) is 0 Å². The minimum Gasteiger partial charge on any atom is -0.378 e. The van der Waals surface area contributed by atoms with Gasteiger partial charge in [-0.05, 0) is 54.8 Å². The Hall–Kier alpha value is -2.42. The number of hydrogen-bond acceptors (Lipinski definition) is 5. The summed E-state index contributed by atoms with van der Waals surface area (Å²) in [5.74, 6) is -0.0282. The van der Waals surface area contributed by atoms with Crippen LogP contribution < -0.4 is 9.80 Å². The predicted octanol–water partition coefficient (Wildman–Crippen LogP) is 2.64. The van der Waals surface area contributed by atoms with Crippen molar-refractivity contribution in [3.8, 4) is 0 Å². The van der Waals surface area contributed by atoms with Crippen LogP contribution in [-0.2, 0) is 32.5 Å². The Bertz CT molecular complexity index is 1060. The molecule has 2 heterocycles. The van der Waals surface area contributed by atoms with Gasteiger partial charge in [-0.25, -0.2) is 8.42 Å². The first kappa shape index (κ1) is 21.8. The lowest BCUT2D eigenvalue weighted by molar-refractivity contribution is -0.116. The van der Waals surface area contributed by atoms with Gasteiger partial charge in [0.15, 0.2) is 0 Å². The van der Waals surface area contributed by atoms with Crippen LogP contribution in [0.3, 0.4) is 0 Å². The van der Waals surface area contributed by atoms with E-state index in [1.54, 1.807) is 30.1 Å². The van der Waals surface area contributed by atoms with Crippen molar-refractivity contribution in [2.24, 2.45) is 0 Å². The van der Waals surface area contributed by atoms with Gasteiger partial charge in [0.1, 0.15) is 0 Å². The minimum atomic E-state index is -3.64. The molecule has 166 valence electrons. The minimum absolute atomic E-state index is 0.0282. The number of hydrogen-bond donors (Lipinski definition) is 0. The van der Waals surface area contributed by atoms with Crippen molar-refractivity contribution in [1.29, 1.82) is 0 Å². The van der Waals surface area contributed by atoms with Crippen LogP contribution in [0.25, 0.3) is 0 Å².